The van der Waals surface area contributed by atoms with Crippen molar-refractivity contribution in [3.8, 4) is 0 Å². The Labute approximate surface area is 181 Å². The van der Waals surface area contributed by atoms with Crippen molar-refractivity contribution in [2.75, 3.05) is 24.7 Å². The van der Waals surface area contributed by atoms with Gasteiger partial charge in [-0.1, -0.05) is 22.8 Å². The van der Waals surface area contributed by atoms with Crippen molar-refractivity contribution in [3.05, 3.63) is 63.4 Å². The highest BCUT2D eigenvalue weighted by Gasteiger charge is 2.28. The van der Waals surface area contributed by atoms with Crippen LogP contribution in [-0.2, 0) is 22.9 Å². The van der Waals surface area contributed by atoms with Crippen LogP contribution in [0.1, 0.15) is 16.7 Å². The molecule has 31 heavy (non-hydrogen) atoms. The van der Waals surface area contributed by atoms with E-state index in [9.17, 15) is 26.8 Å². The molecule has 0 radical (unpaired) electrons. The van der Waals surface area contributed by atoms with Crippen LogP contribution in [0.3, 0.4) is 0 Å². The molecule has 2 aromatic rings. The van der Waals surface area contributed by atoms with E-state index < -0.39 is 27.5 Å². The van der Waals surface area contributed by atoms with Crippen molar-refractivity contribution in [1.29, 1.82) is 0 Å². The summed E-state index contributed by atoms with van der Waals surface area (Å²) in [4.78, 5) is 4.17. The van der Waals surface area contributed by atoms with Gasteiger partial charge < -0.3 is 10.5 Å². The minimum atomic E-state index is -3.37. The first kappa shape index (κ1) is 23.0. The number of rotatable bonds is 7. The van der Waals surface area contributed by atoms with E-state index in [1.54, 1.807) is 0 Å². The average molecular weight is 475 g/mol. The highest BCUT2D eigenvalue weighted by atomic mass is 35.5. The second kappa shape index (κ2) is 9.25. The normalized spacial score (nSPS) is 15.3. The second-order valence-electron chi connectivity index (χ2n) is 6.84. The van der Waals surface area contributed by atoms with Crippen LogP contribution in [0, 0.1) is 17.5 Å². The maximum absolute atomic E-state index is 14.3. The van der Waals surface area contributed by atoms with Crippen LogP contribution in [0.25, 0.3) is 0 Å². The molecule has 2 aromatic carbocycles. The Morgan fingerprint density at radius 3 is 2.65 bits per heavy atom. The van der Waals surface area contributed by atoms with Gasteiger partial charge in [-0.3, -0.25) is 4.99 Å². The van der Waals surface area contributed by atoms with Gasteiger partial charge in [-0.2, -0.15) is 0 Å². The number of anilines is 1. The smallest absolute Gasteiger partial charge is 0.208 e. The maximum Gasteiger partial charge on any atom is 0.208 e. The van der Waals surface area contributed by atoms with Crippen molar-refractivity contribution >= 4 is 38.9 Å². The van der Waals surface area contributed by atoms with Gasteiger partial charge in [0.25, 0.3) is 0 Å². The molecule has 12 heteroatoms. The lowest BCUT2D eigenvalue weighted by molar-refractivity contribution is 0.318. The van der Waals surface area contributed by atoms with Crippen LogP contribution in [-0.4, -0.2) is 44.5 Å². The Kier molecular flexibility index (Phi) is 6.87. The van der Waals surface area contributed by atoms with Crippen molar-refractivity contribution in [2.45, 2.75) is 12.8 Å². The topological polar surface area (TPSA) is 103 Å². The first-order valence-corrected chi connectivity index (χ1v) is 11.3. The number of sulfonamides is 1. The highest BCUT2D eigenvalue weighted by molar-refractivity contribution is 7.88. The van der Waals surface area contributed by atoms with Crippen molar-refractivity contribution in [1.82, 2.24) is 4.72 Å². The fourth-order valence-electron chi connectivity index (χ4n) is 3.14. The zero-order valence-corrected chi connectivity index (χ0v) is 17.8. The fraction of sp³-hybridized carbons (Fsp3) is 0.263. The molecule has 3 N–H and O–H groups in total. The lowest BCUT2D eigenvalue weighted by Crippen LogP contribution is -2.25. The number of halogens is 4. The van der Waals surface area contributed by atoms with Crippen LogP contribution in [0.2, 0.25) is 5.02 Å². The Balaban J connectivity index is 1.87. The fourth-order valence-corrected chi connectivity index (χ4v) is 3.80. The number of nitrogens with one attached hydrogen (secondary N) is 2. The third-order valence-corrected chi connectivity index (χ3v) is 5.52. The van der Waals surface area contributed by atoms with E-state index in [0.29, 0.717) is 17.0 Å². The third kappa shape index (κ3) is 5.54. The number of hydrogen-bond donors (Lipinski definition) is 3. The molecule has 0 aliphatic carbocycles. The van der Waals surface area contributed by atoms with E-state index in [1.165, 1.54) is 12.1 Å². The molecule has 0 saturated heterocycles. The largest absolute Gasteiger partial charge is 0.411 e. The van der Waals surface area contributed by atoms with E-state index in [1.807, 2.05) is 0 Å². The van der Waals surface area contributed by atoms with Gasteiger partial charge >= 0.3 is 0 Å². The van der Waals surface area contributed by atoms with Gasteiger partial charge in [0.15, 0.2) is 11.6 Å². The summed E-state index contributed by atoms with van der Waals surface area (Å²) in [5.41, 5.74) is 0.880. The Hall–Kier alpha value is -2.63. The predicted molar refractivity (Wildman–Crippen MR) is 112 cm³/mol. The lowest BCUT2D eigenvalue weighted by atomic mass is 9.95. The predicted octanol–water partition coefficient (Wildman–Crippen LogP) is 3.09. The number of fused-ring (bicyclic) bond motifs is 1. The molecule has 166 valence electrons. The van der Waals surface area contributed by atoms with E-state index in [-0.39, 0.29) is 47.9 Å². The SMILES string of the molecule is CS(=O)(=O)NCCN=C1Cc2c(/C(Cc3ccc(F)c(Cl)c3)=N/O)cc(F)c(F)c2N1. The first-order chi connectivity index (χ1) is 14.6. The van der Waals surface area contributed by atoms with Crippen LogP contribution >= 0.6 is 11.6 Å². The third-order valence-electron chi connectivity index (χ3n) is 4.51. The summed E-state index contributed by atoms with van der Waals surface area (Å²) in [5, 5.41) is 15.3. The monoisotopic (exact) mass is 474 g/mol. The van der Waals surface area contributed by atoms with Crippen LogP contribution in [0.4, 0.5) is 18.9 Å². The van der Waals surface area contributed by atoms with Gasteiger partial charge in [0.2, 0.25) is 10.0 Å². The minimum absolute atomic E-state index is 0.0151. The Morgan fingerprint density at radius 1 is 1.26 bits per heavy atom. The van der Waals surface area contributed by atoms with E-state index in [0.717, 1.165) is 18.4 Å². The highest BCUT2D eigenvalue weighted by Crippen LogP contribution is 2.33. The minimum Gasteiger partial charge on any atom is -0.411 e. The van der Waals surface area contributed by atoms with Crippen LogP contribution < -0.4 is 10.0 Å². The molecule has 7 nitrogen and oxygen atoms in total. The molecule has 0 spiro atoms. The van der Waals surface area contributed by atoms with Gasteiger partial charge in [-0.05, 0) is 29.3 Å². The molecule has 0 fully saturated rings. The van der Waals surface area contributed by atoms with Crippen LogP contribution in [0.15, 0.2) is 34.4 Å². The van der Waals surface area contributed by atoms with Gasteiger partial charge in [0.05, 0.1) is 29.2 Å². The van der Waals surface area contributed by atoms with Gasteiger partial charge in [-0.15, -0.1) is 0 Å². The Bertz CT molecular complexity index is 1190. The van der Waals surface area contributed by atoms with E-state index in [4.69, 9.17) is 11.6 Å². The average Bonchev–Trinajstić information content (AvgIpc) is 3.13. The first-order valence-electron chi connectivity index (χ1n) is 9.00. The van der Waals surface area contributed by atoms with E-state index in [2.05, 4.69) is 20.2 Å². The number of oxime groups is 1. The molecule has 1 heterocycles. The van der Waals surface area contributed by atoms with Crippen molar-refractivity contribution < 1.29 is 26.8 Å². The molecule has 0 bridgehead atoms. The van der Waals surface area contributed by atoms with Gasteiger partial charge in [0, 0.05) is 24.9 Å². The summed E-state index contributed by atoms with van der Waals surface area (Å²) < 4.78 is 66.4. The molecule has 0 saturated carbocycles. The zero-order valence-electron chi connectivity index (χ0n) is 16.2. The molecule has 1 aliphatic heterocycles. The van der Waals surface area contributed by atoms with E-state index >= 15 is 0 Å². The molecule has 0 atom stereocenters. The van der Waals surface area contributed by atoms with Gasteiger partial charge in [-0.25, -0.2) is 26.3 Å². The summed E-state index contributed by atoms with van der Waals surface area (Å²) >= 11 is 5.78. The summed E-state index contributed by atoms with van der Waals surface area (Å²) in [7, 11) is -3.37. The molecule has 0 amide bonds. The second-order valence-corrected chi connectivity index (χ2v) is 9.08. The number of benzene rings is 2. The molecule has 0 aromatic heterocycles. The quantitative estimate of drug-likeness (QED) is 0.248. The van der Waals surface area contributed by atoms with Crippen molar-refractivity contribution in [2.24, 2.45) is 10.1 Å². The Morgan fingerprint density at radius 2 is 2.00 bits per heavy atom. The number of amidine groups is 1. The lowest BCUT2D eigenvalue weighted by Gasteiger charge is -2.11. The number of nitrogens with zero attached hydrogens (tertiary/aromatic N) is 2. The molecular formula is C19H18ClF3N4O3S. The molecule has 0 unspecified atom stereocenters. The van der Waals surface area contributed by atoms with Gasteiger partial charge in [0.1, 0.15) is 11.7 Å². The van der Waals surface area contributed by atoms with Crippen LogP contribution in [0.5, 0.6) is 0 Å². The zero-order chi connectivity index (χ0) is 22.8. The molecule has 1 aliphatic rings. The summed E-state index contributed by atoms with van der Waals surface area (Å²) in [5.74, 6) is -2.57. The summed E-state index contributed by atoms with van der Waals surface area (Å²) in [6, 6.07) is 4.86. The number of hydrogen-bond acceptors (Lipinski definition) is 5. The maximum atomic E-state index is 14.3. The number of aliphatic imine (C=N–C) groups is 1. The standard InChI is InChI=1S/C19H18ClF3N4O3S/c1-31(29,30)25-5-4-24-17-9-12-11(8-15(22)18(23)19(12)26-17)16(27-28)7-10-2-3-14(21)13(20)6-10/h2-3,6,8,25,28H,4-5,7,9H2,1H3,(H,24,26)/b27-16+. The van der Waals surface area contributed by atoms with Crippen molar-refractivity contribution in [3.63, 3.8) is 0 Å². The summed E-state index contributed by atoms with van der Waals surface area (Å²) in [6.07, 6.45) is 1.08. The summed E-state index contributed by atoms with van der Waals surface area (Å²) in [6.45, 7) is 0.122. The molecule has 3 rings (SSSR count). The molecular weight excluding hydrogens is 457 g/mol.